The van der Waals surface area contributed by atoms with Crippen molar-refractivity contribution in [3.8, 4) is 16.8 Å². The number of pyridine rings is 2. The molecule has 0 bridgehead atoms. The molecule has 3 aromatic heterocycles. The number of aromatic nitrogens is 4. The first kappa shape index (κ1) is 25.5. The van der Waals surface area contributed by atoms with Crippen LogP contribution in [0.3, 0.4) is 0 Å². The summed E-state index contributed by atoms with van der Waals surface area (Å²) in [5.74, 6) is -0.0443. The lowest BCUT2D eigenvalue weighted by molar-refractivity contribution is 0.619. The lowest BCUT2D eigenvalue weighted by atomic mass is 9.94. The molecule has 9 heteroatoms. The molecule has 6 rings (SSSR count). The van der Waals surface area contributed by atoms with E-state index in [0.717, 1.165) is 0 Å². The van der Waals surface area contributed by atoms with Gasteiger partial charge < -0.3 is 10.3 Å². The standard InChI is InChI=1S/C31H23ClFN5O2/c1-17-20(10-7-13-23(17)33)21-11-6-12-22-25(21)31(40)38(19-8-4-3-5-9-19)28(27(22)32)18(2)37-30-26-24(39)14-15-34-29(26)35-16-36-30/h3-16,18H,1-2H3,(H2,34,35,36,37,39)/t18-/m0/s1. The van der Waals surface area contributed by atoms with Crippen molar-refractivity contribution in [2.24, 2.45) is 0 Å². The Kier molecular flexibility index (Phi) is 6.40. The van der Waals surface area contributed by atoms with Gasteiger partial charge in [-0.3, -0.25) is 14.2 Å². The fourth-order valence-electron chi connectivity index (χ4n) is 5.15. The molecule has 0 aliphatic carbocycles. The number of hydrogen-bond acceptors (Lipinski definition) is 5. The van der Waals surface area contributed by atoms with Crippen LogP contribution in [0, 0.1) is 12.7 Å². The van der Waals surface area contributed by atoms with Gasteiger partial charge in [-0.15, -0.1) is 0 Å². The highest BCUT2D eigenvalue weighted by molar-refractivity contribution is 6.36. The van der Waals surface area contributed by atoms with E-state index in [4.69, 9.17) is 11.6 Å². The van der Waals surface area contributed by atoms with E-state index < -0.39 is 6.04 Å². The SMILES string of the molecule is Cc1c(F)cccc1-c1cccc2c(Cl)c([C@H](C)Nc3ncnc4[nH]ccc(=O)c34)n(-c3ccccc3)c(=O)c12. The Bertz CT molecular complexity index is 2030. The van der Waals surface area contributed by atoms with Crippen molar-refractivity contribution in [3.63, 3.8) is 0 Å². The minimum Gasteiger partial charge on any atom is -0.361 e. The zero-order valence-corrected chi connectivity index (χ0v) is 22.3. The van der Waals surface area contributed by atoms with Crippen LogP contribution in [-0.4, -0.2) is 19.5 Å². The topological polar surface area (TPSA) is 92.7 Å². The Morgan fingerprint density at radius 2 is 1.68 bits per heavy atom. The summed E-state index contributed by atoms with van der Waals surface area (Å²) >= 11 is 7.14. The highest BCUT2D eigenvalue weighted by Crippen LogP contribution is 2.37. The van der Waals surface area contributed by atoms with E-state index in [1.54, 1.807) is 41.8 Å². The summed E-state index contributed by atoms with van der Waals surface area (Å²) in [4.78, 5) is 38.5. The summed E-state index contributed by atoms with van der Waals surface area (Å²) in [5, 5.41) is 4.84. The molecular formula is C31H23ClFN5O2. The van der Waals surface area contributed by atoms with Gasteiger partial charge >= 0.3 is 0 Å². The van der Waals surface area contributed by atoms with E-state index >= 15 is 0 Å². The van der Waals surface area contributed by atoms with Gasteiger partial charge in [0, 0.05) is 23.3 Å². The Morgan fingerprint density at radius 1 is 0.925 bits per heavy atom. The fraction of sp³-hybridized carbons (Fsp3) is 0.0968. The molecule has 40 heavy (non-hydrogen) atoms. The third-order valence-electron chi connectivity index (χ3n) is 7.07. The quantitative estimate of drug-likeness (QED) is 0.253. The molecule has 198 valence electrons. The van der Waals surface area contributed by atoms with Crippen molar-refractivity contribution >= 4 is 39.2 Å². The number of nitrogens with one attached hydrogen (secondary N) is 2. The molecule has 0 amide bonds. The number of para-hydroxylation sites is 1. The summed E-state index contributed by atoms with van der Waals surface area (Å²) in [6, 6.07) is 20.2. The molecule has 0 saturated heterocycles. The van der Waals surface area contributed by atoms with Gasteiger partial charge in [0.05, 0.1) is 22.1 Å². The van der Waals surface area contributed by atoms with Gasteiger partial charge in [-0.05, 0) is 48.7 Å². The molecule has 2 N–H and O–H groups in total. The molecular weight excluding hydrogens is 529 g/mol. The monoisotopic (exact) mass is 551 g/mol. The van der Waals surface area contributed by atoms with Crippen molar-refractivity contribution in [3.05, 3.63) is 128 Å². The van der Waals surface area contributed by atoms with Gasteiger partial charge in [0.25, 0.3) is 5.56 Å². The summed E-state index contributed by atoms with van der Waals surface area (Å²) in [6.07, 6.45) is 2.88. The second-order valence-electron chi connectivity index (χ2n) is 9.47. The number of nitrogens with zero attached hydrogens (tertiary/aromatic N) is 3. The van der Waals surface area contributed by atoms with E-state index in [9.17, 15) is 14.0 Å². The number of H-pyrrole nitrogens is 1. The predicted molar refractivity (Wildman–Crippen MR) is 157 cm³/mol. The van der Waals surface area contributed by atoms with Crippen molar-refractivity contribution in [1.29, 1.82) is 0 Å². The van der Waals surface area contributed by atoms with Crippen LogP contribution in [0.15, 0.2) is 94.9 Å². The first-order valence-electron chi connectivity index (χ1n) is 12.6. The van der Waals surface area contributed by atoms with Gasteiger partial charge in [0.2, 0.25) is 0 Å². The Hall–Kier alpha value is -4.82. The van der Waals surface area contributed by atoms with Gasteiger partial charge in [-0.1, -0.05) is 60.1 Å². The van der Waals surface area contributed by atoms with Gasteiger partial charge in [0.15, 0.2) is 5.43 Å². The largest absolute Gasteiger partial charge is 0.361 e. The number of anilines is 1. The normalized spacial score (nSPS) is 12.1. The average molecular weight is 552 g/mol. The number of rotatable bonds is 5. The first-order chi connectivity index (χ1) is 19.4. The Labute approximate surface area is 232 Å². The van der Waals surface area contributed by atoms with Crippen LogP contribution in [0.2, 0.25) is 5.02 Å². The molecule has 3 heterocycles. The van der Waals surface area contributed by atoms with Crippen LogP contribution >= 0.6 is 11.6 Å². The van der Waals surface area contributed by atoms with Crippen molar-refractivity contribution < 1.29 is 4.39 Å². The van der Waals surface area contributed by atoms with Crippen molar-refractivity contribution in [1.82, 2.24) is 19.5 Å². The molecule has 1 atom stereocenters. The smallest absolute Gasteiger partial charge is 0.263 e. The Balaban J connectivity index is 1.64. The zero-order valence-electron chi connectivity index (χ0n) is 21.6. The van der Waals surface area contributed by atoms with E-state index in [1.165, 1.54) is 24.7 Å². The molecule has 0 fully saturated rings. The molecule has 0 aliphatic heterocycles. The van der Waals surface area contributed by atoms with Crippen LogP contribution in [0.1, 0.15) is 24.2 Å². The summed E-state index contributed by atoms with van der Waals surface area (Å²) in [7, 11) is 0. The second kappa shape index (κ2) is 10.1. The van der Waals surface area contributed by atoms with Crippen LogP contribution in [-0.2, 0) is 0 Å². The maximum atomic E-state index is 14.6. The van der Waals surface area contributed by atoms with Crippen LogP contribution < -0.4 is 16.3 Å². The highest BCUT2D eigenvalue weighted by Gasteiger charge is 2.24. The average Bonchev–Trinajstić information content (AvgIpc) is 2.96. The molecule has 0 aliphatic rings. The summed E-state index contributed by atoms with van der Waals surface area (Å²) < 4.78 is 16.1. The molecule has 0 unspecified atom stereocenters. The predicted octanol–water partition coefficient (Wildman–Crippen LogP) is 6.56. The minimum atomic E-state index is -0.568. The third kappa shape index (κ3) is 4.13. The van der Waals surface area contributed by atoms with E-state index in [-0.39, 0.29) is 16.8 Å². The molecule has 7 nitrogen and oxygen atoms in total. The maximum absolute atomic E-state index is 14.6. The second-order valence-corrected chi connectivity index (χ2v) is 9.85. The van der Waals surface area contributed by atoms with E-state index in [2.05, 4.69) is 20.3 Å². The van der Waals surface area contributed by atoms with Crippen LogP contribution in [0.4, 0.5) is 10.2 Å². The van der Waals surface area contributed by atoms with Crippen LogP contribution in [0.5, 0.6) is 0 Å². The molecule has 0 spiro atoms. The molecule has 3 aromatic carbocycles. The number of fused-ring (bicyclic) bond motifs is 2. The van der Waals surface area contributed by atoms with Crippen molar-refractivity contribution in [2.75, 3.05) is 5.32 Å². The molecule has 0 saturated carbocycles. The lowest BCUT2D eigenvalue weighted by Crippen LogP contribution is -2.27. The maximum Gasteiger partial charge on any atom is 0.263 e. The number of halogens is 2. The highest BCUT2D eigenvalue weighted by atomic mass is 35.5. The fourth-order valence-corrected chi connectivity index (χ4v) is 5.56. The zero-order chi connectivity index (χ0) is 28.0. The molecule has 6 aromatic rings. The Morgan fingerprint density at radius 3 is 2.48 bits per heavy atom. The third-order valence-corrected chi connectivity index (χ3v) is 7.46. The molecule has 0 radical (unpaired) electrons. The van der Waals surface area contributed by atoms with Crippen LogP contribution in [0.25, 0.3) is 38.6 Å². The number of hydrogen-bond donors (Lipinski definition) is 2. The first-order valence-corrected chi connectivity index (χ1v) is 13.0. The van der Waals surface area contributed by atoms with E-state index in [0.29, 0.717) is 60.7 Å². The van der Waals surface area contributed by atoms with E-state index in [1.807, 2.05) is 37.3 Å². The van der Waals surface area contributed by atoms with Gasteiger partial charge in [-0.25, -0.2) is 14.4 Å². The lowest BCUT2D eigenvalue weighted by Gasteiger charge is -2.24. The summed E-state index contributed by atoms with van der Waals surface area (Å²) in [5.41, 5.74) is 2.57. The number of benzene rings is 3. The number of aromatic amines is 1. The van der Waals surface area contributed by atoms with Gasteiger partial charge in [-0.2, -0.15) is 0 Å². The minimum absolute atomic E-state index is 0.246. The van der Waals surface area contributed by atoms with Gasteiger partial charge in [0.1, 0.15) is 29.0 Å². The summed E-state index contributed by atoms with van der Waals surface area (Å²) in [6.45, 7) is 3.53. The van der Waals surface area contributed by atoms with Crippen molar-refractivity contribution in [2.45, 2.75) is 19.9 Å².